The summed E-state index contributed by atoms with van der Waals surface area (Å²) < 4.78 is 5.21. The number of hydrogen-bond acceptors (Lipinski definition) is 2. The van der Waals surface area contributed by atoms with Crippen molar-refractivity contribution in [2.45, 2.75) is 31.6 Å². The topological polar surface area (TPSA) is 38.3 Å². The van der Waals surface area contributed by atoms with E-state index in [0.29, 0.717) is 13.0 Å². The second-order valence-corrected chi connectivity index (χ2v) is 6.39. The summed E-state index contributed by atoms with van der Waals surface area (Å²) in [5.41, 5.74) is 3.67. The van der Waals surface area contributed by atoms with Gasteiger partial charge >= 0.3 is 0 Å². The van der Waals surface area contributed by atoms with Gasteiger partial charge in [-0.1, -0.05) is 36.4 Å². The summed E-state index contributed by atoms with van der Waals surface area (Å²) in [6.07, 6.45) is 2.71. The minimum absolute atomic E-state index is 0.0964. The maximum atomic E-state index is 12.2. The number of aryl methyl sites for hydroxylation is 1. The van der Waals surface area contributed by atoms with Crippen LogP contribution in [0.15, 0.2) is 48.5 Å². The fraction of sp³-hybridized carbons (Fsp3) is 0.350. The standard InChI is InChI=1S/C20H23NO2/c1-15-5-3-4-6-16(15)13-19(22)21-14-20(11-12-20)17-7-9-18(23-2)10-8-17/h3-10H,11-14H2,1-2H3,(H,21,22). The first-order chi connectivity index (χ1) is 11.1. The lowest BCUT2D eigenvalue weighted by molar-refractivity contribution is -0.120. The van der Waals surface area contributed by atoms with Crippen LogP contribution in [0.2, 0.25) is 0 Å². The molecule has 2 aromatic carbocycles. The van der Waals surface area contributed by atoms with Crippen molar-refractivity contribution in [3.63, 3.8) is 0 Å². The smallest absolute Gasteiger partial charge is 0.224 e. The number of methoxy groups -OCH3 is 1. The molecule has 1 fully saturated rings. The fourth-order valence-electron chi connectivity index (χ4n) is 2.97. The summed E-state index contributed by atoms with van der Waals surface area (Å²) in [7, 11) is 1.67. The predicted molar refractivity (Wildman–Crippen MR) is 91.8 cm³/mol. The molecule has 0 saturated heterocycles. The van der Waals surface area contributed by atoms with Crippen molar-refractivity contribution in [1.82, 2.24) is 5.32 Å². The zero-order valence-electron chi connectivity index (χ0n) is 13.8. The van der Waals surface area contributed by atoms with E-state index in [9.17, 15) is 4.79 Å². The van der Waals surface area contributed by atoms with Gasteiger partial charge in [-0.3, -0.25) is 4.79 Å². The van der Waals surface area contributed by atoms with Crippen molar-refractivity contribution in [2.24, 2.45) is 0 Å². The molecule has 0 atom stereocenters. The zero-order valence-corrected chi connectivity index (χ0v) is 13.8. The van der Waals surface area contributed by atoms with Gasteiger partial charge < -0.3 is 10.1 Å². The third-order valence-electron chi connectivity index (χ3n) is 4.79. The largest absolute Gasteiger partial charge is 0.497 e. The SMILES string of the molecule is COc1ccc(C2(CNC(=O)Cc3ccccc3C)CC2)cc1. The normalized spacial score (nSPS) is 15.0. The van der Waals surface area contributed by atoms with Crippen LogP contribution in [0.3, 0.4) is 0 Å². The van der Waals surface area contributed by atoms with E-state index in [1.807, 2.05) is 43.3 Å². The molecule has 0 heterocycles. The molecule has 2 aromatic rings. The number of rotatable bonds is 6. The maximum Gasteiger partial charge on any atom is 0.224 e. The highest BCUT2D eigenvalue weighted by molar-refractivity contribution is 5.79. The van der Waals surface area contributed by atoms with Crippen LogP contribution >= 0.6 is 0 Å². The molecule has 1 amide bonds. The van der Waals surface area contributed by atoms with Crippen LogP contribution in [-0.2, 0) is 16.6 Å². The highest BCUT2D eigenvalue weighted by atomic mass is 16.5. The fourth-order valence-corrected chi connectivity index (χ4v) is 2.97. The van der Waals surface area contributed by atoms with Gasteiger partial charge in [-0.15, -0.1) is 0 Å². The molecule has 23 heavy (non-hydrogen) atoms. The lowest BCUT2D eigenvalue weighted by Gasteiger charge is -2.17. The number of amides is 1. The Bertz CT molecular complexity index is 687. The molecule has 0 aromatic heterocycles. The summed E-state index contributed by atoms with van der Waals surface area (Å²) >= 11 is 0. The van der Waals surface area contributed by atoms with E-state index in [4.69, 9.17) is 4.74 Å². The van der Waals surface area contributed by atoms with Gasteiger partial charge in [-0.2, -0.15) is 0 Å². The quantitative estimate of drug-likeness (QED) is 0.888. The van der Waals surface area contributed by atoms with Crippen LogP contribution in [-0.4, -0.2) is 19.6 Å². The number of carbonyl (C=O) groups excluding carboxylic acids is 1. The molecule has 0 unspecified atom stereocenters. The molecule has 120 valence electrons. The van der Waals surface area contributed by atoms with Gasteiger partial charge in [-0.05, 0) is 48.6 Å². The predicted octanol–water partition coefficient (Wildman–Crippen LogP) is 3.39. The Balaban J connectivity index is 1.59. The average Bonchev–Trinajstić information content (AvgIpc) is 3.36. The lowest BCUT2D eigenvalue weighted by atomic mass is 9.95. The second kappa shape index (κ2) is 6.45. The minimum atomic E-state index is 0.0964. The maximum absolute atomic E-state index is 12.2. The molecule has 0 spiro atoms. The molecular formula is C20H23NO2. The molecule has 1 aliphatic rings. The summed E-state index contributed by atoms with van der Waals surface area (Å²) in [6.45, 7) is 2.76. The number of hydrogen-bond donors (Lipinski definition) is 1. The molecular weight excluding hydrogens is 286 g/mol. The van der Waals surface area contributed by atoms with Gasteiger partial charge in [0.05, 0.1) is 13.5 Å². The third-order valence-corrected chi connectivity index (χ3v) is 4.79. The minimum Gasteiger partial charge on any atom is -0.497 e. The summed E-state index contributed by atoms with van der Waals surface area (Å²) in [4.78, 5) is 12.2. The average molecular weight is 309 g/mol. The Hall–Kier alpha value is -2.29. The van der Waals surface area contributed by atoms with Crippen LogP contribution in [0.1, 0.15) is 29.5 Å². The van der Waals surface area contributed by atoms with Gasteiger partial charge in [0, 0.05) is 12.0 Å². The molecule has 3 heteroatoms. The van der Waals surface area contributed by atoms with Crippen molar-refractivity contribution in [1.29, 1.82) is 0 Å². The highest BCUT2D eigenvalue weighted by Gasteiger charge is 2.44. The Morgan fingerprint density at radius 3 is 2.43 bits per heavy atom. The summed E-state index contributed by atoms with van der Waals surface area (Å²) in [5.74, 6) is 0.965. The Labute approximate surface area is 137 Å². The highest BCUT2D eigenvalue weighted by Crippen LogP contribution is 2.47. The number of carbonyl (C=O) groups is 1. The van der Waals surface area contributed by atoms with Gasteiger partial charge in [0.1, 0.15) is 5.75 Å². The van der Waals surface area contributed by atoms with Crippen LogP contribution in [0.4, 0.5) is 0 Å². The van der Waals surface area contributed by atoms with Gasteiger partial charge in [-0.25, -0.2) is 0 Å². The molecule has 0 aliphatic heterocycles. The molecule has 3 rings (SSSR count). The van der Waals surface area contributed by atoms with Crippen molar-refractivity contribution in [3.8, 4) is 5.75 Å². The van der Waals surface area contributed by atoms with Crippen molar-refractivity contribution in [3.05, 3.63) is 65.2 Å². The first-order valence-corrected chi connectivity index (χ1v) is 8.09. The van der Waals surface area contributed by atoms with E-state index in [1.54, 1.807) is 7.11 Å². The first-order valence-electron chi connectivity index (χ1n) is 8.09. The Morgan fingerprint density at radius 2 is 1.83 bits per heavy atom. The molecule has 1 N–H and O–H groups in total. The van der Waals surface area contributed by atoms with E-state index in [2.05, 4.69) is 17.4 Å². The monoisotopic (exact) mass is 309 g/mol. The van der Waals surface area contributed by atoms with E-state index in [0.717, 1.165) is 24.2 Å². The van der Waals surface area contributed by atoms with Crippen LogP contribution in [0.5, 0.6) is 5.75 Å². The Kier molecular flexibility index (Phi) is 4.37. The second-order valence-electron chi connectivity index (χ2n) is 6.39. The van der Waals surface area contributed by atoms with Crippen molar-refractivity contribution in [2.75, 3.05) is 13.7 Å². The molecule has 1 aliphatic carbocycles. The van der Waals surface area contributed by atoms with Crippen LogP contribution < -0.4 is 10.1 Å². The number of nitrogens with one attached hydrogen (secondary N) is 1. The lowest BCUT2D eigenvalue weighted by Crippen LogP contribution is -2.33. The molecule has 3 nitrogen and oxygen atoms in total. The van der Waals surface area contributed by atoms with Crippen LogP contribution in [0, 0.1) is 6.92 Å². The van der Waals surface area contributed by atoms with Gasteiger partial charge in [0.15, 0.2) is 0 Å². The summed E-state index contributed by atoms with van der Waals surface area (Å²) in [6, 6.07) is 16.2. The number of ether oxygens (including phenoxy) is 1. The van der Waals surface area contributed by atoms with E-state index >= 15 is 0 Å². The van der Waals surface area contributed by atoms with Gasteiger partial charge in [0.2, 0.25) is 5.91 Å². The van der Waals surface area contributed by atoms with E-state index < -0.39 is 0 Å². The molecule has 1 saturated carbocycles. The van der Waals surface area contributed by atoms with Crippen molar-refractivity contribution >= 4 is 5.91 Å². The number of benzene rings is 2. The van der Waals surface area contributed by atoms with Crippen molar-refractivity contribution < 1.29 is 9.53 Å². The third kappa shape index (κ3) is 3.55. The molecule has 0 bridgehead atoms. The molecule has 0 radical (unpaired) electrons. The first kappa shape index (κ1) is 15.6. The Morgan fingerprint density at radius 1 is 1.13 bits per heavy atom. The van der Waals surface area contributed by atoms with Gasteiger partial charge in [0.25, 0.3) is 0 Å². The zero-order chi connectivity index (χ0) is 16.3. The van der Waals surface area contributed by atoms with E-state index in [-0.39, 0.29) is 11.3 Å². The van der Waals surface area contributed by atoms with Crippen LogP contribution in [0.25, 0.3) is 0 Å². The summed E-state index contributed by atoms with van der Waals surface area (Å²) in [5, 5.41) is 3.12. The van der Waals surface area contributed by atoms with E-state index in [1.165, 1.54) is 11.1 Å².